The van der Waals surface area contributed by atoms with Gasteiger partial charge in [0.1, 0.15) is 5.75 Å². The lowest BCUT2D eigenvalue weighted by Crippen LogP contribution is -2.24. The molecule has 1 heteroatoms. The van der Waals surface area contributed by atoms with Crippen LogP contribution in [0.1, 0.15) is 62.8 Å². The van der Waals surface area contributed by atoms with Gasteiger partial charge in [0.15, 0.2) is 0 Å². The summed E-state index contributed by atoms with van der Waals surface area (Å²) < 4.78 is 0. The van der Waals surface area contributed by atoms with Crippen molar-refractivity contribution in [2.75, 3.05) is 0 Å². The average molecular weight is 244 g/mol. The molecule has 2 atom stereocenters. The van der Waals surface area contributed by atoms with Gasteiger partial charge in [-0.1, -0.05) is 50.7 Å². The van der Waals surface area contributed by atoms with Crippen LogP contribution in [-0.2, 0) is 0 Å². The Morgan fingerprint density at radius 1 is 0.778 bits per heavy atom. The molecule has 2 aliphatic carbocycles. The summed E-state index contributed by atoms with van der Waals surface area (Å²) in [6.45, 7) is 0. The number of hydrogen-bond donors (Lipinski definition) is 1. The highest BCUT2D eigenvalue weighted by atomic mass is 16.3. The minimum absolute atomic E-state index is 0.395. The third-order valence-electron chi connectivity index (χ3n) is 5.15. The van der Waals surface area contributed by atoms with Gasteiger partial charge >= 0.3 is 0 Å². The number of aromatic hydroxyl groups is 1. The van der Waals surface area contributed by atoms with E-state index in [1.54, 1.807) is 0 Å². The summed E-state index contributed by atoms with van der Waals surface area (Å²) in [5.41, 5.74) is 1.46. The summed E-state index contributed by atoms with van der Waals surface area (Å²) in [4.78, 5) is 0. The first kappa shape index (κ1) is 12.1. The van der Waals surface area contributed by atoms with Crippen LogP contribution in [0.15, 0.2) is 24.3 Å². The zero-order valence-electron chi connectivity index (χ0n) is 11.1. The van der Waals surface area contributed by atoms with Crippen LogP contribution in [0.5, 0.6) is 5.75 Å². The lowest BCUT2D eigenvalue weighted by Gasteiger charge is -2.36. The summed E-state index contributed by atoms with van der Waals surface area (Å²) >= 11 is 0. The van der Waals surface area contributed by atoms with Gasteiger partial charge in [0.2, 0.25) is 0 Å². The third-order valence-corrected chi connectivity index (χ3v) is 5.15. The van der Waals surface area contributed by atoms with Crippen LogP contribution in [0.25, 0.3) is 0 Å². The van der Waals surface area contributed by atoms with Crippen molar-refractivity contribution in [2.24, 2.45) is 11.8 Å². The smallest absolute Gasteiger partial charge is 0.115 e. The molecule has 18 heavy (non-hydrogen) atoms. The predicted molar refractivity (Wildman–Crippen MR) is 74.8 cm³/mol. The maximum atomic E-state index is 9.43. The van der Waals surface area contributed by atoms with Crippen molar-refractivity contribution in [3.05, 3.63) is 29.8 Å². The molecule has 0 heterocycles. The summed E-state index contributed by atoms with van der Waals surface area (Å²) in [6, 6.07) is 8.01. The number of benzene rings is 1. The minimum Gasteiger partial charge on any atom is -0.508 e. The molecule has 1 aromatic rings. The van der Waals surface area contributed by atoms with Crippen molar-refractivity contribution in [3.63, 3.8) is 0 Å². The molecule has 2 fully saturated rings. The Labute approximate surface area is 110 Å². The van der Waals surface area contributed by atoms with E-state index in [0.717, 1.165) is 17.8 Å². The molecule has 1 nitrogen and oxygen atoms in total. The highest BCUT2D eigenvalue weighted by Gasteiger charge is 2.33. The Hall–Kier alpha value is -0.980. The normalized spacial score (nSPS) is 29.6. The molecule has 2 aliphatic rings. The van der Waals surface area contributed by atoms with E-state index in [2.05, 4.69) is 12.1 Å². The minimum atomic E-state index is 0.395. The van der Waals surface area contributed by atoms with Crippen molar-refractivity contribution < 1.29 is 5.11 Å². The molecule has 2 saturated carbocycles. The molecule has 0 radical (unpaired) electrons. The first-order chi connectivity index (χ1) is 8.84. The van der Waals surface area contributed by atoms with Crippen molar-refractivity contribution >= 4 is 0 Å². The number of rotatable bonds is 2. The monoisotopic (exact) mass is 244 g/mol. The number of phenolic OH excluding ortho intramolecular Hbond substituents is 1. The second-order valence-electron chi connectivity index (χ2n) is 6.19. The SMILES string of the molecule is Oc1ccc(C2CCCCC2C2CCCC2)cc1. The molecule has 98 valence electrons. The van der Waals surface area contributed by atoms with Crippen molar-refractivity contribution in [1.82, 2.24) is 0 Å². The van der Waals surface area contributed by atoms with E-state index >= 15 is 0 Å². The Morgan fingerprint density at radius 3 is 2.11 bits per heavy atom. The van der Waals surface area contributed by atoms with Gasteiger partial charge in [-0.25, -0.2) is 0 Å². The molecule has 1 aromatic carbocycles. The van der Waals surface area contributed by atoms with Crippen molar-refractivity contribution in [3.8, 4) is 5.75 Å². The zero-order chi connectivity index (χ0) is 12.4. The van der Waals surface area contributed by atoms with Crippen LogP contribution in [0, 0.1) is 11.8 Å². The summed E-state index contributed by atoms with van der Waals surface area (Å²) in [6.07, 6.45) is 11.4. The average Bonchev–Trinajstić information content (AvgIpc) is 2.93. The summed E-state index contributed by atoms with van der Waals surface area (Å²) in [5, 5.41) is 9.43. The molecule has 0 aliphatic heterocycles. The molecular formula is C17H24O. The van der Waals surface area contributed by atoms with E-state index < -0.39 is 0 Å². The first-order valence-corrected chi connectivity index (χ1v) is 7.63. The standard InChI is InChI=1S/C17H24O/c18-15-11-9-14(10-12-15)17-8-4-3-7-16(17)13-5-1-2-6-13/h9-13,16-18H,1-8H2. The number of hydrogen-bond acceptors (Lipinski definition) is 1. The first-order valence-electron chi connectivity index (χ1n) is 7.63. The molecule has 1 N–H and O–H groups in total. The molecular weight excluding hydrogens is 220 g/mol. The largest absolute Gasteiger partial charge is 0.508 e. The Bertz CT molecular complexity index is 375. The summed E-state index contributed by atoms with van der Waals surface area (Å²) in [7, 11) is 0. The Kier molecular flexibility index (Phi) is 3.58. The fourth-order valence-electron chi connectivity index (χ4n) is 4.24. The van der Waals surface area contributed by atoms with Gasteiger partial charge in [0.25, 0.3) is 0 Å². The maximum absolute atomic E-state index is 9.43. The Balaban J connectivity index is 1.80. The van der Waals surface area contributed by atoms with Crippen molar-refractivity contribution in [2.45, 2.75) is 57.3 Å². The topological polar surface area (TPSA) is 20.2 Å². The predicted octanol–water partition coefficient (Wildman–Crippen LogP) is 4.86. The Morgan fingerprint density at radius 2 is 1.39 bits per heavy atom. The molecule has 0 saturated heterocycles. The molecule has 3 rings (SSSR count). The lowest BCUT2D eigenvalue weighted by molar-refractivity contribution is 0.215. The van der Waals surface area contributed by atoms with Crippen LogP contribution in [0.2, 0.25) is 0 Å². The summed E-state index contributed by atoms with van der Waals surface area (Å²) in [5.74, 6) is 3.03. The van der Waals surface area contributed by atoms with Crippen LogP contribution < -0.4 is 0 Å². The quantitative estimate of drug-likeness (QED) is 0.788. The van der Waals surface area contributed by atoms with Gasteiger partial charge in [0.05, 0.1) is 0 Å². The van der Waals surface area contributed by atoms with E-state index in [1.807, 2.05) is 12.1 Å². The molecule has 0 amide bonds. The highest BCUT2D eigenvalue weighted by molar-refractivity contribution is 5.29. The third kappa shape index (κ3) is 2.41. The molecule has 2 unspecified atom stereocenters. The van der Waals surface area contributed by atoms with Gasteiger partial charge in [-0.15, -0.1) is 0 Å². The fraction of sp³-hybridized carbons (Fsp3) is 0.647. The van der Waals surface area contributed by atoms with Crippen LogP contribution >= 0.6 is 0 Å². The van der Waals surface area contributed by atoms with E-state index in [1.165, 1.54) is 56.9 Å². The highest BCUT2D eigenvalue weighted by Crippen LogP contribution is 2.46. The molecule has 0 spiro atoms. The van der Waals surface area contributed by atoms with E-state index in [0.29, 0.717) is 5.75 Å². The van der Waals surface area contributed by atoms with E-state index in [-0.39, 0.29) is 0 Å². The molecule has 0 aromatic heterocycles. The molecule has 0 bridgehead atoms. The van der Waals surface area contributed by atoms with Gasteiger partial charge in [-0.05, 0) is 48.3 Å². The van der Waals surface area contributed by atoms with Gasteiger partial charge < -0.3 is 5.11 Å². The van der Waals surface area contributed by atoms with E-state index in [9.17, 15) is 5.11 Å². The fourth-order valence-corrected chi connectivity index (χ4v) is 4.24. The van der Waals surface area contributed by atoms with Gasteiger partial charge in [-0.2, -0.15) is 0 Å². The van der Waals surface area contributed by atoms with E-state index in [4.69, 9.17) is 0 Å². The maximum Gasteiger partial charge on any atom is 0.115 e. The second-order valence-corrected chi connectivity index (χ2v) is 6.19. The van der Waals surface area contributed by atoms with Crippen LogP contribution in [0.4, 0.5) is 0 Å². The van der Waals surface area contributed by atoms with Crippen LogP contribution in [-0.4, -0.2) is 5.11 Å². The van der Waals surface area contributed by atoms with Crippen molar-refractivity contribution in [1.29, 1.82) is 0 Å². The lowest BCUT2D eigenvalue weighted by atomic mass is 9.69. The number of phenols is 1. The zero-order valence-corrected chi connectivity index (χ0v) is 11.1. The van der Waals surface area contributed by atoms with Crippen LogP contribution in [0.3, 0.4) is 0 Å². The second kappa shape index (κ2) is 5.34. The van der Waals surface area contributed by atoms with Gasteiger partial charge in [-0.3, -0.25) is 0 Å². The van der Waals surface area contributed by atoms with Gasteiger partial charge in [0, 0.05) is 0 Å².